The second kappa shape index (κ2) is 6.07. The highest BCUT2D eigenvalue weighted by atomic mass is 35.5. The molecule has 0 bridgehead atoms. The zero-order valence-corrected chi connectivity index (χ0v) is 12.4. The smallest absolute Gasteiger partial charge is 0.0847 e. The molecule has 0 radical (unpaired) electrons. The Morgan fingerprint density at radius 3 is 2.83 bits per heavy atom. The Kier molecular flexibility index (Phi) is 4.68. The summed E-state index contributed by atoms with van der Waals surface area (Å²) < 4.78 is 1.95. The van der Waals surface area contributed by atoms with Crippen LogP contribution in [0.1, 0.15) is 44.0 Å². The zero-order valence-electron chi connectivity index (χ0n) is 11.7. The van der Waals surface area contributed by atoms with E-state index in [9.17, 15) is 0 Å². The predicted molar refractivity (Wildman–Crippen MR) is 76.1 cm³/mol. The minimum absolute atomic E-state index is 0.711. The van der Waals surface area contributed by atoms with Crippen molar-refractivity contribution in [1.29, 1.82) is 0 Å². The maximum atomic E-state index is 6.31. The first kappa shape index (κ1) is 13.9. The van der Waals surface area contributed by atoms with Crippen LogP contribution in [0.3, 0.4) is 0 Å². The molecule has 0 spiro atoms. The van der Waals surface area contributed by atoms with Gasteiger partial charge in [0.05, 0.1) is 16.4 Å². The summed E-state index contributed by atoms with van der Waals surface area (Å²) in [5.41, 5.74) is 2.16. The Morgan fingerprint density at radius 2 is 2.22 bits per heavy atom. The predicted octanol–water partition coefficient (Wildman–Crippen LogP) is 3.09. The number of hydrogen-bond donors (Lipinski definition) is 1. The number of hydrogen-bond acceptors (Lipinski definition) is 2. The monoisotopic (exact) mass is 269 g/mol. The molecule has 2 rings (SSSR count). The van der Waals surface area contributed by atoms with Crippen molar-refractivity contribution in [3.05, 3.63) is 16.4 Å². The molecule has 0 saturated heterocycles. The van der Waals surface area contributed by atoms with Crippen LogP contribution in [0.4, 0.5) is 0 Å². The maximum Gasteiger partial charge on any atom is 0.0847 e. The van der Waals surface area contributed by atoms with Gasteiger partial charge in [0, 0.05) is 13.1 Å². The van der Waals surface area contributed by atoms with E-state index in [4.69, 9.17) is 11.6 Å². The van der Waals surface area contributed by atoms with Crippen molar-refractivity contribution in [3.63, 3.8) is 0 Å². The van der Waals surface area contributed by atoms with Gasteiger partial charge in [-0.25, -0.2) is 0 Å². The lowest BCUT2D eigenvalue weighted by atomic mass is 10.0. The van der Waals surface area contributed by atoms with E-state index < -0.39 is 0 Å². The van der Waals surface area contributed by atoms with Crippen molar-refractivity contribution in [2.24, 2.45) is 13.0 Å². The maximum absolute atomic E-state index is 6.31. The summed E-state index contributed by atoms with van der Waals surface area (Å²) in [6.07, 6.45) is 6.18. The summed E-state index contributed by atoms with van der Waals surface area (Å²) in [6, 6.07) is 0.711. The highest BCUT2D eigenvalue weighted by Gasteiger charge is 2.26. The number of nitrogens with one attached hydrogen (secondary N) is 1. The van der Waals surface area contributed by atoms with Crippen LogP contribution in [-0.2, 0) is 13.5 Å². The Labute approximate surface area is 115 Å². The lowest BCUT2D eigenvalue weighted by Crippen LogP contribution is -2.27. The van der Waals surface area contributed by atoms with E-state index in [1.807, 2.05) is 18.7 Å². The summed E-state index contributed by atoms with van der Waals surface area (Å²) in [5, 5.41) is 8.88. The Balaban J connectivity index is 1.91. The fourth-order valence-corrected chi connectivity index (χ4v) is 3.21. The molecule has 4 heteroatoms. The van der Waals surface area contributed by atoms with E-state index in [0.717, 1.165) is 29.6 Å². The second-order valence-electron chi connectivity index (χ2n) is 5.50. The van der Waals surface area contributed by atoms with Gasteiger partial charge in [0.15, 0.2) is 0 Å². The largest absolute Gasteiger partial charge is 0.314 e. The highest BCUT2D eigenvalue weighted by Crippen LogP contribution is 2.31. The fraction of sp³-hybridized carbons (Fsp3) is 0.786. The SMILES string of the molecule is CCCNC1CCC(Cc2c(Cl)c(C)nn2C)C1. The molecule has 1 aromatic rings. The van der Waals surface area contributed by atoms with E-state index >= 15 is 0 Å². The quantitative estimate of drug-likeness (QED) is 0.890. The highest BCUT2D eigenvalue weighted by molar-refractivity contribution is 6.31. The first-order valence-corrected chi connectivity index (χ1v) is 7.41. The second-order valence-corrected chi connectivity index (χ2v) is 5.88. The molecule has 0 aromatic carbocycles. The Bertz CT molecular complexity index is 400. The van der Waals surface area contributed by atoms with Gasteiger partial charge in [0.25, 0.3) is 0 Å². The number of halogens is 1. The average Bonchev–Trinajstić information content (AvgIpc) is 2.88. The molecule has 2 atom stereocenters. The number of nitrogens with zero attached hydrogens (tertiary/aromatic N) is 2. The molecule has 0 amide bonds. The van der Waals surface area contributed by atoms with Gasteiger partial charge >= 0.3 is 0 Å². The number of rotatable bonds is 5. The van der Waals surface area contributed by atoms with Gasteiger partial charge in [-0.3, -0.25) is 4.68 Å². The minimum Gasteiger partial charge on any atom is -0.314 e. The van der Waals surface area contributed by atoms with E-state index in [1.54, 1.807) is 0 Å². The summed E-state index contributed by atoms with van der Waals surface area (Å²) >= 11 is 6.31. The van der Waals surface area contributed by atoms with Gasteiger partial charge in [-0.2, -0.15) is 5.10 Å². The molecule has 1 aromatic heterocycles. The van der Waals surface area contributed by atoms with Crippen molar-refractivity contribution < 1.29 is 0 Å². The molecule has 1 saturated carbocycles. The first-order valence-electron chi connectivity index (χ1n) is 7.03. The third-order valence-electron chi connectivity index (χ3n) is 3.97. The number of aryl methyl sites for hydroxylation is 2. The van der Waals surface area contributed by atoms with Crippen molar-refractivity contribution in [1.82, 2.24) is 15.1 Å². The normalized spacial score (nSPS) is 23.8. The van der Waals surface area contributed by atoms with Gasteiger partial charge in [0.2, 0.25) is 0 Å². The molecule has 1 N–H and O–H groups in total. The van der Waals surface area contributed by atoms with Gasteiger partial charge < -0.3 is 5.32 Å². The molecule has 0 aliphatic heterocycles. The molecular weight excluding hydrogens is 246 g/mol. The summed E-state index contributed by atoms with van der Waals surface area (Å²) in [7, 11) is 2.00. The lowest BCUT2D eigenvalue weighted by Gasteiger charge is -2.13. The number of aromatic nitrogens is 2. The molecule has 3 nitrogen and oxygen atoms in total. The fourth-order valence-electron chi connectivity index (χ4n) is 2.97. The summed E-state index contributed by atoms with van der Waals surface area (Å²) in [4.78, 5) is 0. The van der Waals surface area contributed by atoms with Gasteiger partial charge in [0.1, 0.15) is 0 Å². The standard InChI is InChI=1S/C14H24ClN3/c1-4-7-16-12-6-5-11(8-12)9-13-14(15)10(2)17-18(13)3/h11-12,16H,4-9H2,1-3H3. The van der Waals surface area contributed by atoms with Crippen LogP contribution in [0.25, 0.3) is 0 Å². The third-order valence-corrected chi connectivity index (χ3v) is 4.46. The van der Waals surface area contributed by atoms with Crippen LogP contribution in [0, 0.1) is 12.8 Å². The van der Waals surface area contributed by atoms with Crippen molar-refractivity contribution in [2.75, 3.05) is 6.54 Å². The third kappa shape index (κ3) is 3.07. The molecular formula is C14H24ClN3. The van der Waals surface area contributed by atoms with Crippen LogP contribution in [-0.4, -0.2) is 22.4 Å². The average molecular weight is 270 g/mol. The molecule has 2 unspecified atom stereocenters. The molecule has 1 aliphatic rings. The van der Waals surface area contributed by atoms with Crippen molar-refractivity contribution in [2.45, 2.75) is 52.0 Å². The molecule has 1 fully saturated rings. The topological polar surface area (TPSA) is 29.9 Å². The molecule has 1 heterocycles. The van der Waals surface area contributed by atoms with Crippen LogP contribution < -0.4 is 5.32 Å². The zero-order chi connectivity index (χ0) is 13.1. The van der Waals surface area contributed by atoms with Crippen LogP contribution in [0.5, 0.6) is 0 Å². The van der Waals surface area contributed by atoms with E-state index in [-0.39, 0.29) is 0 Å². The van der Waals surface area contributed by atoms with Crippen molar-refractivity contribution in [3.8, 4) is 0 Å². The van der Waals surface area contributed by atoms with Gasteiger partial charge in [-0.1, -0.05) is 18.5 Å². The van der Waals surface area contributed by atoms with Crippen LogP contribution in [0.2, 0.25) is 5.02 Å². The molecule has 1 aliphatic carbocycles. The minimum atomic E-state index is 0.711. The van der Waals surface area contributed by atoms with E-state index in [2.05, 4.69) is 17.3 Å². The summed E-state index contributed by atoms with van der Waals surface area (Å²) in [5.74, 6) is 0.756. The first-order chi connectivity index (χ1) is 8.61. The molecule has 18 heavy (non-hydrogen) atoms. The van der Waals surface area contributed by atoms with E-state index in [0.29, 0.717) is 6.04 Å². The lowest BCUT2D eigenvalue weighted by molar-refractivity contribution is 0.475. The summed E-state index contributed by atoms with van der Waals surface area (Å²) in [6.45, 7) is 5.34. The molecule has 102 valence electrons. The van der Waals surface area contributed by atoms with Gasteiger partial charge in [-0.05, 0) is 51.5 Å². The van der Waals surface area contributed by atoms with Crippen LogP contribution in [0.15, 0.2) is 0 Å². The Morgan fingerprint density at radius 1 is 1.44 bits per heavy atom. The van der Waals surface area contributed by atoms with Gasteiger partial charge in [-0.15, -0.1) is 0 Å². The van der Waals surface area contributed by atoms with Crippen molar-refractivity contribution >= 4 is 11.6 Å². The Hall–Kier alpha value is -0.540. The van der Waals surface area contributed by atoms with Crippen LogP contribution >= 0.6 is 11.6 Å². The van der Waals surface area contributed by atoms with E-state index in [1.165, 1.54) is 31.4 Å².